The number of nitrogens with zero attached hydrogens (tertiary/aromatic N) is 3. The molecule has 0 radical (unpaired) electrons. The molecule has 1 aromatic heterocycles. The monoisotopic (exact) mass is 395 g/mol. The van der Waals surface area contributed by atoms with Crippen molar-refractivity contribution in [2.45, 2.75) is 19.8 Å². The molecular weight excluding hydrogens is 370 g/mol. The number of piperazine rings is 1. The first kappa shape index (κ1) is 20.3. The number of aromatic nitrogens is 1. The van der Waals surface area contributed by atoms with E-state index in [0.717, 1.165) is 18.9 Å². The molecule has 152 valence electrons. The number of carbonyl (C=O) groups excluding carboxylic acids is 3. The predicted molar refractivity (Wildman–Crippen MR) is 112 cm³/mol. The minimum atomic E-state index is -0.210. The second-order valence-electron chi connectivity index (χ2n) is 6.86. The van der Waals surface area contributed by atoms with Gasteiger partial charge >= 0.3 is 0 Å². The number of amides is 3. The Morgan fingerprint density at radius 2 is 1.55 bits per heavy atom. The Hall–Kier alpha value is -3.42. The SMILES string of the molecule is CC(=O)Nc1ccc(NC(=O)CCC(=O)N2CCN(c3ccccn3)CC2)cc1. The van der Waals surface area contributed by atoms with Gasteiger partial charge in [0.25, 0.3) is 0 Å². The van der Waals surface area contributed by atoms with Gasteiger partial charge in [-0.05, 0) is 36.4 Å². The van der Waals surface area contributed by atoms with Crippen molar-refractivity contribution in [2.24, 2.45) is 0 Å². The maximum absolute atomic E-state index is 12.4. The van der Waals surface area contributed by atoms with Crippen molar-refractivity contribution in [1.82, 2.24) is 9.88 Å². The summed E-state index contributed by atoms with van der Waals surface area (Å²) in [6, 6.07) is 12.6. The summed E-state index contributed by atoms with van der Waals surface area (Å²) in [5, 5.41) is 5.44. The smallest absolute Gasteiger partial charge is 0.224 e. The second-order valence-corrected chi connectivity index (χ2v) is 6.86. The molecule has 8 heteroatoms. The summed E-state index contributed by atoms with van der Waals surface area (Å²) in [7, 11) is 0. The Morgan fingerprint density at radius 1 is 0.897 bits per heavy atom. The fourth-order valence-corrected chi connectivity index (χ4v) is 3.17. The standard InChI is InChI=1S/C21H25N5O3/c1-16(27)23-17-5-7-18(8-6-17)24-20(28)9-10-21(29)26-14-12-25(13-15-26)19-4-2-3-11-22-19/h2-8,11H,9-10,12-15H2,1H3,(H,23,27)(H,24,28). The van der Waals surface area contributed by atoms with E-state index in [1.807, 2.05) is 18.2 Å². The zero-order chi connectivity index (χ0) is 20.6. The van der Waals surface area contributed by atoms with E-state index in [2.05, 4.69) is 20.5 Å². The van der Waals surface area contributed by atoms with Gasteiger partial charge in [0.15, 0.2) is 0 Å². The van der Waals surface area contributed by atoms with Gasteiger partial charge in [-0.25, -0.2) is 4.98 Å². The number of carbonyl (C=O) groups is 3. The summed E-state index contributed by atoms with van der Waals surface area (Å²) in [4.78, 5) is 43.9. The van der Waals surface area contributed by atoms with E-state index in [0.29, 0.717) is 24.5 Å². The normalized spacial score (nSPS) is 13.7. The van der Waals surface area contributed by atoms with Gasteiger partial charge in [0.2, 0.25) is 17.7 Å². The molecule has 29 heavy (non-hydrogen) atoms. The topological polar surface area (TPSA) is 94.6 Å². The first-order valence-electron chi connectivity index (χ1n) is 9.62. The summed E-state index contributed by atoms with van der Waals surface area (Å²) in [6.45, 7) is 4.15. The maximum atomic E-state index is 12.4. The van der Waals surface area contributed by atoms with Crippen LogP contribution in [0.1, 0.15) is 19.8 Å². The largest absolute Gasteiger partial charge is 0.353 e. The van der Waals surface area contributed by atoms with Crippen molar-refractivity contribution in [3.63, 3.8) is 0 Å². The minimum absolute atomic E-state index is 0.0122. The minimum Gasteiger partial charge on any atom is -0.353 e. The van der Waals surface area contributed by atoms with Crippen LogP contribution >= 0.6 is 0 Å². The van der Waals surface area contributed by atoms with Crippen LogP contribution in [0.4, 0.5) is 17.2 Å². The summed E-state index contributed by atoms with van der Waals surface area (Å²) >= 11 is 0. The van der Waals surface area contributed by atoms with E-state index >= 15 is 0 Å². The molecule has 0 atom stereocenters. The van der Waals surface area contributed by atoms with Crippen LogP contribution in [0.15, 0.2) is 48.7 Å². The first-order valence-corrected chi connectivity index (χ1v) is 9.62. The molecule has 0 bridgehead atoms. The van der Waals surface area contributed by atoms with Gasteiger partial charge in [-0.2, -0.15) is 0 Å². The van der Waals surface area contributed by atoms with Gasteiger partial charge in [-0.15, -0.1) is 0 Å². The van der Waals surface area contributed by atoms with E-state index in [-0.39, 0.29) is 30.6 Å². The lowest BCUT2D eigenvalue weighted by molar-refractivity contribution is -0.133. The van der Waals surface area contributed by atoms with Crippen molar-refractivity contribution < 1.29 is 14.4 Å². The molecular formula is C21H25N5O3. The fraction of sp³-hybridized carbons (Fsp3) is 0.333. The highest BCUT2D eigenvalue weighted by atomic mass is 16.2. The third-order valence-corrected chi connectivity index (χ3v) is 4.66. The number of nitrogens with one attached hydrogen (secondary N) is 2. The molecule has 1 saturated heterocycles. The van der Waals surface area contributed by atoms with E-state index in [1.165, 1.54) is 6.92 Å². The van der Waals surface area contributed by atoms with E-state index < -0.39 is 0 Å². The van der Waals surface area contributed by atoms with Gasteiger partial charge < -0.3 is 20.4 Å². The van der Waals surface area contributed by atoms with Gasteiger partial charge in [-0.3, -0.25) is 14.4 Å². The average Bonchev–Trinajstić information content (AvgIpc) is 2.74. The van der Waals surface area contributed by atoms with Crippen LogP contribution in [0.3, 0.4) is 0 Å². The molecule has 8 nitrogen and oxygen atoms in total. The van der Waals surface area contributed by atoms with E-state index in [1.54, 1.807) is 35.4 Å². The van der Waals surface area contributed by atoms with E-state index in [9.17, 15) is 14.4 Å². The number of benzene rings is 1. The third kappa shape index (κ3) is 6.03. The average molecular weight is 395 g/mol. The lowest BCUT2D eigenvalue weighted by atomic mass is 10.2. The lowest BCUT2D eigenvalue weighted by Gasteiger charge is -2.35. The van der Waals surface area contributed by atoms with Crippen LogP contribution in [-0.4, -0.2) is 53.8 Å². The van der Waals surface area contributed by atoms with Crippen LogP contribution in [0.25, 0.3) is 0 Å². The van der Waals surface area contributed by atoms with Crippen LogP contribution in [0, 0.1) is 0 Å². The number of pyridine rings is 1. The molecule has 2 aromatic rings. The highest BCUT2D eigenvalue weighted by molar-refractivity contribution is 5.94. The Balaban J connectivity index is 1.40. The second kappa shape index (κ2) is 9.68. The molecule has 1 aliphatic rings. The molecule has 1 aromatic carbocycles. The summed E-state index contributed by atoms with van der Waals surface area (Å²) in [5.41, 5.74) is 1.29. The fourth-order valence-electron chi connectivity index (χ4n) is 3.17. The lowest BCUT2D eigenvalue weighted by Crippen LogP contribution is -2.49. The van der Waals surface area contributed by atoms with Gasteiger partial charge in [0.05, 0.1) is 0 Å². The molecule has 3 rings (SSSR count). The van der Waals surface area contributed by atoms with Crippen LogP contribution in [-0.2, 0) is 14.4 Å². The summed E-state index contributed by atoms with van der Waals surface area (Å²) in [5.74, 6) is 0.546. The Kier molecular flexibility index (Phi) is 6.78. The van der Waals surface area contributed by atoms with E-state index in [4.69, 9.17) is 0 Å². The van der Waals surface area contributed by atoms with Crippen molar-refractivity contribution in [1.29, 1.82) is 0 Å². The molecule has 0 unspecified atom stereocenters. The number of anilines is 3. The van der Waals surface area contributed by atoms with Crippen LogP contribution in [0.2, 0.25) is 0 Å². The van der Waals surface area contributed by atoms with Crippen molar-refractivity contribution in [2.75, 3.05) is 41.7 Å². The Bertz CT molecular complexity index is 846. The van der Waals surface area contributed by atoms with Crippen LogP contribution in [0.5, 0.6) is 0 Å². The predicted octanol–water partition coefficient (Wildman–Crippen LogP) is 2.11. The molecule has 3 amide bonds. The van der Waals surface area contributed by atoms with Crippen molar-refractivity contribution in [3.05, 3.63) is 48.7 Å². The highest BCUT2D eigenvalue weighted by Crippen LogP contribution is 2.15. The van der Waals surface area contributed by atoms with Crippen molar-refractivity contribution >= 4 is 34.9 Å². The van der Waals surface area contributed by atoms with Gasteiger partial charge in [0.1, 0.15) is 5.82 Å². The third-order valence-electron chi connectivity index (χ3n) is 4.66. The molecule has 2 N–H and O–H groups in total. The van der Waals surface area contributed by atoms with Crippen LogP contribution < -0.4 is 15.5 Å². The zero-order valence-electron chi connectivity index (χ0n) is 16.4. The molecule has 0 spiro atoms. The highest BCUT2D eigenvalue weighted by Gasteiger charge is 2.22. The Morgan fingerprint density at radius 3 is 2.14 bits per heavy atom. The summed E-state index contributed by atoms with van der Waals surface area (Å²) in [6.07, 6.45) is 2.07. The Labute approximate surface area is 169 Å². The molecule has 1 fully saturated rings. The number of hydrogen-bond donors (Lipinski definition) is 2. The zero-order valence-corrected chi connectivity index (χ0v) is 16.4. The quantitative estimate of drug-likeness (QED) is 0.781. The molecule has 0 saturated carbocycles. The summed E-state index contributed by atoms with van der Waals surface area (Å²) < 4.78 is 0. The molecule has 2 heterocycles. The van der Waals surface area contributed by atoms with Gasteiger partial charge in [-0.1, -0.05) is 6.07 Å². The van der Waals surface area contributed by atoms with Gasteiger partial charge in [0, 0.05) is 63.5 Å². The number of rotatable bonds is 6. The van der Waals surface area contributed by atoms with Crippen molar-refractivity contribution in [3.8, 4) is 0 Å². The molecule has 0 aliphatic carbocycles. The number of hydrogen-bond acceptors (Lipinski definition) is 5. The maximum Gasteiger partial charge on any atom is 0.224 e. The molecule has 1 aliphatic heterocycles. The first-order chi connectivity index (χ1) is 14.0.